The van der Waals surface area contributed by atoms with E-state index < -0.39 is 17.7 Å². The molecule has 100 valence electrons. The van der Waals surface area contributed by atoms with Crippen LogP contribution in [-0.2, 0) is 0 Å². The normalized spacial score (nSPS) is 12.4. The molecule has 0 aliphatic carbocycles. The molecule has 1 aromatic heterocycles. The average Bonchev–Trinajstić information content (AvgIpc) is 2.44. The number of aryl methyl sites for hydroxylation is 1. The number of hydrogen-bond acceptors (Lipinski definition) is 2. The minimum Gasteiger partial charge on any atom is -0.306 e. The van der Waals surface area contributed by atoms with Crippen LogP contribution in [0.4, 0.5) is 8.78 Å². The summed E-state index contributed by atoms with van der Waals surface area (Å²) < 4.78 is 27.8. The van der Waals surface area contributed by atoms with Gasteiger partial charge in [-0.2, -0.15) is 0 Å². The van der Waals surface area contributed by atoms with E-state index >= 15 is 0 Å². The van der Waals surface area contributed by atoms with Gasteiger partial charge in [0.05, 0.1) is 6.04 Å². The van der Waals surface area contributed by atoms with E-state index in [1.54, 1.807) is 37.5 Å². The van der Waals surface area contributed by atoms with Gasteiger partial charge < -0.3 is 5.32 Å². The molecule has 1 heterocycles. The molecule has 2 nitrogen and oxygen atoms in total. The summed E-state index contributed by atoms with van der Waals surface area (Å²) >= 11 is 0. The minimum absolute atomic E-state index is 0.304. The molecule has 1 atom stereocenters. The highest BCUT2D eigenvalue weighted by molar-refractivity contribution is 5.34. The van der Waals surface area contributed by atoms with E-state index in [1.165, 1.54) is 0 Å². The van der Waals surface area contributed by atoms with Crippen LogP contribution in [-0.4, -0.2) is 11.5 Å². The lowest BCUT2D eigenvalue weighted by Gasteiger charge is -2.19. The van der Waals surface area contributed by atoms with Crippen molar-refractivity contribution in [3.05, 3.63) is 65.0 Å². The molecule has 0 aliphatic rings. The van der Waals surface area contributed by atoms with Crippen molar-refractivity contribution in [3.63, 3.8) is 0 Å². The molecule has 2 aromatic rings. The van der Waals surface area contributed by atoms with E-state index in [1.807, 2.05) is 13.0 Å². The van der Waals surface area contributed by atoms with Crippen LogP contribution < -0.4 is 5.32 Å². The second-order valence-electron chi connectivity index (χ2n) is 4.38. The first kappa shape index (κ1) is 13.6. The Labute approximate surface area is 111 Å². The van der Waals surface area contributed by atoms with Gasteiger partial charge in [-0.05, 0) is 30.7 Å². The van der Waals surface area contributed by atoms with Crippen molar-refractivity contribution in [2.45, 2.75) is 19.9 Å². The maximum atomic E-state index is 14.1. The first-order valence-corrected chi connectivity index (χ1v) is 6.23. The van der Waals surface area contributed by atoms with E-state index in [9.17, 15) is 8.78 Å². The molecule has 0 saturated carbocycles. The third-order valence-electron chi connectivity index (χ3n) is 3.04. The van der Waals surface area contributed by atoms with Crippen LogP contribution in [0, 0.1) is 18.6 Å². The van der Waals surface area contributed by atoms with Crippen LogP contribution in [0.3, 0.4) is 0 Å². The topological polar surface area (TPSA) is 24.9 Å². The Balaban J connectivity index is 2.49. The zero-order valence-corrected chi connectivity index (χ0v) is 11.0. The molecule has 1 unspecified atom stereocenters. The van der Waals surface area contributed by atoms with Gasteiger partial charge in [0.1, 0.15) is 0 Å². The summed E-state index contributed by atoms with van der Waals surface area (Å²) in [6, 6.07) is 6.44. The Morgan fingerprint density at radius 1 is 1.21 bits per heavy atom. The summed E-state index contributed by atoms with van der Waals surface area (Å²) in [5.41, 5.74) is 1.42. The molecular weight excluding hydrogens is 246 g/mol. The van der Waals surface area contributed by atoms with Gasteiger partial charge >= 0.3 is 0 Å². The first-order chi connectivity index (χ1) is 9.15. The Kier molecular flexibility index (Phi) is 4.22. The van der Waals surface area contributed by atoms with Crippen molar-refractivity contribution in [2.75, 3.05) is 6.54 Å². The van der Waals surface area contributed by atoms with E-state index in [-0.39, 0.29) is 0 Å². The smallest absolute Gasteiger partial charge is 0.164 e. The molecule has 0 radical (unpaired) electrons. The minimum atomic E-state index is -0.796. The molecule has 0 saturated heterocycles. The lowest BCUT2D eigenvalue weighted by atomic mass is 9.98. The van der Waals surface area contributed by atoms with Gasteiger partial charge in [0.25, 0.3) is 0 Å². The highest BCUT2D eigenvalue weighted by atomic mass is 19.2. The van der Waals surface area contributed by atoms with Crippen LogP contribution in [0.15, 0.2) is 36.7 Å². The van der Waals surface area contributed by atoms with E-state index in [2.05, 4.69) is 10.3 Å². The summed E-state index contributed by atoms with van der Waals surface area (Å²) in [4.78, 5) is 4.03. The molecule has 0 spiro atoms. The monoisotopic (exact) mass is 262 g/mol. The van der Waals surface area contributed by atoms with Crippen molar-refractivity contribution in [1.82, 2.24) is 10.3 Å². The predicted molar refractivity (Wildman–Crippen MR) is 70.9 cm³/mol. The molecule has 0 amide bonds. The average molecular weight is 262 g/mol. The maximum absolute atomic E-state index is 14.1. The second-order valence-corrected chi connectivity index (χ2v) is 4.38. The summed E-state index contributed by atoms with van der Waals surface area (Å²) in [7, 11) is 0. The van der Waals surface area contributed by atoms with Crippen LogP contribution in [0.25, 0.3) is 0 Å². The van der Waals surface area contributed by atoms with E-state index in [0.29, 0.717) is 17.7 Å². The number of nitrogens with one attached hydrogen (secondary N) is 1. The van der Waals surface area contributed by atoms with Crippen LogP contribution in [0.5, 0.6) is 0 Å². The zero-order chi connectivity index (χ0) is 13.8. The summed E-state index contributed by atoms with van der Waals surface area (Å²) in [6.07, 6.45) is 3.31. The van der Waals surface area contributed by atoms with Crippen molar-refractivity contribution in [3.8, 4) is 0 Å². The largest absolute Gasteiger partial charge is 0.306 e. The fourth-order valence-corrected chi connectivity index (χ4v) is 2.04. The Bertz CT molecular complexity index is 556. The molecule has 1 N–H and O–H groups in total. The standard InChI is InChI=1S/C15H16F2N2/c1-3-19-15(11-5-4-8-18-9-11)12-7-6-10(2)13(16)14(12)17/h4-9,15,19H,3H2,1-2H3. The van der Waals surface area contributed by atoms with Crippen molar-refractivity contribution in [1.29, 1.82) is 0 Å². The van der Waals surface area contributed by atoms with Crippen molar-refractivity contribution < 1.29 is 8.78 Å². The zero-order valence-electron chi connectivity index (χ0n) is 11.0. The lowest BCUT2D eigenvalue weighted by Crippen LogP contribution is -2.23. The second kappa shape index (κ2) is 5.89. The molecule has 0 aliphatic heterocycles. The third kappa shape index (κ3) is 2.79. The maximum Gasteiger partial charge on any atom is 0.164 e. The lowest BCUT2D eigenvalue weighted by molar-refractivity contribution is 0.478. The van der Waals surface area contributed by atoms with Crippen LogP contribution in [0.2, 0.25) is 0 Å². The number of pyridine rings is 1. The molecule has 0 fully saturated rings. The van der Waals surface area contributed by atoms with Gasteiger partial charge in [-0.15, -0.1) is 0 Å². The Morgan fingerprint density at radius 2 is 2.00 bits per heavy atom. The van der Waals surface area contributed by atoms with Crippen LogP contribution in [0.1, 0.15) is 29.7 Å². The molecule has 19 heavy (non-hydrogen) atoms. The van der Waals surface area contributed by atoms with Crippen molar-refractivity contribution in [2.24, 2.45) is 0 Å². The molecule has 2 rings (SSSR count). The highest BCUT2D eigenvalue weighted by Gasteiger charge is 2.20. The van der Waals surface area contributed by atoms with Crippen LogP contribution >= 0.6 is 0 Å². The molecule has 4 heteroatoms. The van der Waals surface area contributed by atoms with Gasteiger partial charge in [-0.25, -0.2) is 8.78 Å². The van der Waals surface area contributed by atoms with E-state index in [0.717, 1.165) is 5.56 Å². The molecule has 1 aromatic carbocycles. The number of rotatable bonds is 4. The van der Waals surface area contributed by atoms with Gasteiger partial charge in [-0.3, -0.25) is 4.98 Å². The summed E-state index contributed by atoms with van der Waals surface area (Å²) in [5.74, 6) is -1.58. The fourth-order valence-electron chi connectivity index (χ4n) is 2.04. The molecular formula is C15H16F2N2. The first-order valence-electron chi connectivity index (χ1n) is 6.23. The summed E-state index contributed by atoms with van der Waals surface area (Å²) in [6.45, 7) is 4.12. The SMILES string of the molecule is CCNC(c1cccnc1)c1ccc(C)c(F)c1F. The quantitative estimate of drug-likeness (QED) is 0.913. The number of aromatic nitrogens is 1. The fraction of sp³-hybridized carbons (Fsp3) is 0.267. The van der Waals surface area contributed by atoms with E-state index in [4.69, 9.17) is 0 Å². The molecule has 0 bridgehead atoms. The Hall–Kier alpha value is -1.81. The number of hydrogen-bond donors (Lipinski definition) is 1. The number of benzene rings is 1. The van der Waals surface area contributed by atoms with Gasteiger partial charge in [0, 0.05) is 18.0 Å². The predicted octanol–water partition coefficient (Wildman–Crippen LogP) is 3.37. The number of halogens is 2. The van der Waals surface area contributed by atoms with Gasteiger partial charge in [-0.1, -0.05) is 25.1 Å². The van der Waals surface area contributed by atoms with Gasteiger partial charge in [0.15, 0.2) is 11.6 Å². The summed E-state index contributed by atoms with van der Waals surface area (Å²) in [5, 5.41) is 3.16. The third-order valence-corrected chi connectivity index (χ3v) is 3.04. The number of nitrogens with zero attached hydrogens (tertiary/aromatic N) is 1. The highest BCUT2D eigenvalue weighted by Crippen LogP contribution is 2.26. The Morgan fingerprint density at radius 3 is 2.63 bits per heavy atom. The van der Waals surface area contributed by atoms with Gasteiger partial charge in [0.2, 0.25) is 0 Å². The van der Waals surface area contributed by atoms with Crippen molar-refractivity contribution >= 4 is 0 Å².